The van der Waals surface area contributed by atoms with Gasteiger partial charge in [0.1, 0.15) is 0 Å². The van der Waals surface area contributed by atoms with Crippen molar-refractivity contribution in [3.05, 3.63) is 59.7 Å². The van der Waals surface area contributed by atoms with Crippen molar-refractivity contribution in [3.8, 4) is 0 Å². The first-order chi connectivity index (χ1) is 10.1. The molecule has 4 rings (SSSR count). The average molecular weight is 339 g/mol. The predicted octanol–water partition coefficient (Wildman–Crippen LogP) is 6.50. The molecule has 1 atom stereocenters. The molecule has 21 heavy (non-hydrogen) atoms. The van der Waals surface area contributed by atoms with Crippen LogP contribution in [0.1, 0.15) is 42.6 Å². The summed E-state index contributed by atoms with van der Waals surface area (Å²) in [6, 6.07) is 17.9. The van der Waals surface area contributed by atoms with Crippen LogP contribution in [0.25, 0.3) is 21.5 Å². The van der Waals surface area contributed by atoms with Gasteiger partial charge in [-0.3, -0.25) is 0 Å². The van der Waals surface area contributed by atoms with Crippen LogP contribution in [0.15, 0.2) is 48.5 Å². The van der Waals surface area contributed by atoms with Gasteiger partial charge in [-0.15, -0.1) is 0 Å². The van der Waals surface area contributed by atoms with Crippen LogP contribution >= 0.6 is 15.9 Å². The quantitative estimate of drug-likeness (QED) is 0.324. The van der Waals surface area contributed by atoms with Gasteiger partial charge in [0.25, 0.3) is 0 Å². The monoisotopic (exact) mass is 338 g/mol. The van der Waals surface area contributed by atoms with E-state index in [2.05, 4.69) is 78.3 Å². The third-order valence-electron chi connectivity index (χ3n) is 5.00. The zero-order valence-electron chi connectivity index (χ0n) is 12.5. The van der Waals surface area contributed by atoms with E-state index in [9.17, 15) is 0 Å². The Morgan fingerprint density at radius 3 is 2.52 bits per heavy atom. The summed E-state index contributed by atoms with van der Waals surface area (Å²) in [6.45, 7) is 4.78. The molecule has 0 amide bonds. The Balaban J connectivity index is 2.17. The van der Waals surface area contributed by atoms with Crippen LogP contribution in [0, 0.1) is 0 Å². The summed E-state index contributed by atoms with van der Waals surface area (Å²) in [5.41, 5.74) is 3.27. The molecule has 0 spiro atoms. The second kappa shape index (κ2) is 4.58. The molecule has 1 unspecified atom stereocenters. The van der Waals surface area contributed by atoms with Crippen molar-refractivity contribution in [3.63, 3.8) is 0 Å². The average Bonchev–Trinajstić information content (AvgIpc) is 2.50. The summed E-state index contributed by atoms with van der Waals surface area (Å²) in [5, 5.41) is 5.51. The first-order valence-corrected chi connectivity index (χ1v) is 8.58. The summed E-state index contributed by atoms with van der Waals surface area (Å²) < 4.78 is 0. The summed E-state index contributed by atoms with van der Waals surface area (Å²) in [6.07, 6.45) is 2.46. The van der Waals surface area contributed by atoms with Crippen molar-refractivity contribution in [2.75, 3.05) is 0 Å². The number of hydrogen-bond acceptors (Lipinski definition) is 0. The van der Waals surface area contributed by atoms with Crippen molar-refractivity contribution in [2.45, 2.75) is 36.9 Å². The van der Waals surface area contributed by atoms with Gasteiger partial charge in [-0.25, -0.2) is 0 Å². The summed E-state index contributed by atoms with van der Waals surface area (Å²) in [5.74, 6) is 0. The highest BCUT2D eigenvalue weighted by Crippen LogP contribution is 2.48. The fraction of sp³-hybridized carbons (Fsp3) is 0.300. The van der Waals surface area contributed by atoms with Gasteiger partial charge in [0.2, 0.25) is 0 Å². The highest BCUT2D eigenvalue weighted by Gasteiger charge is 2.33. The van der Waals surface area contributed by atoms with Crippen LogP contribution in [0.5, 0.6) is 0 Å². The van der Waals surface area contributed by atoms with E-state index < -0.39 is 0 Å². The molecule has 3 aromatic rings. The van der Waals surface area contributed by atoms with E-state index in [4.69, 9.17) is 0 Å². The number of rotatable bonds is 0. The van der Waals surface area contributed by atoms with Crippen LogP contribution < -0.4 is 0 Å². The van der Waals surface area contributed by atoms with Crippen molar-refractivity contribution in [2.24, 2.45) is 0 Å². The molecule has 0 heterocycles. The number of benzene rings is 3. The predicted molar refractivity (Wildman–Crippen MR) is 95.4 cm³/mol. The molecule has 0 bridgehead atoms. The molecule has 1 aliphatic carbocycles. The maximum atomic E-state index is 3.87. The SMILES string of the molecule is CC1(C)CCC(Br)c2ccc3c(ccc4ccccc43)c21. The van der Waals surface area contributed by atoms with Crippen molar-refractivity contribution in [1.82, 2.24) is 0 Å². The van der Waals surface area contributed by atoms with Gasteiger partial charge >= 0.3 is 0 Å². The van der Waals surface area contributed by atoms with E-state index in [1.165, 1.54) is 39.9 Å². The fourth-order valence-corrected chi connectivity index (χ4v) is 4.50. The lowest BCUT2D eigenvalue weighted by molar-refractivity contribution is 0.434. The fourth-order valence-electron chi connectivity index (χ4n) is 3.89. The molecular formula is C20H19Br. The molecule has 0 fully saturated rings. The molecular weight excluding hydrogens is 320 g/mol. The first-order valence-electron chi connectivity index (χ1n) is 7.67. The van der Waals surface area contributed by atoms with E-state index in [1.54, 1.807) is 5.56 Å². The minimum atomic E-state index is 0.252. The number of halogens is 1. The molecule has 0 nitrogen and oxygen atoms in total. The first kappa shape index (κ1) is 13.3. The maximum absolute atomic E-state index is 3.87. The van der Waals surface area contributed by atoms with E-state index >= 15 is 0 Å². The Hall–Kier alpha value is -1.34. The van der Waals surface area contributed by atoms with Crippen molar-refractivity contribution < 1.29 is 0 Å². The molecule has 0 aromatic heterocycles. The third kappa shape index (κ3) is 1.94. The van der Waals surface area contributed by atoms with Crippen LogP contribution in [0.3, 0.4) is 0 Å². The van der Waals surface area contributed by atoms with E-state index in [0.29, 0.717) is 4.83 Å². The standard InChI is InChI=1S/C20H19Br/c1-20(2)12-11-18(21)17-10-9-15-14-6-4-3-5-13(14)7-8-16(15)19(17)20/h3-10,18H,11-12H2,1-2H3. The van der Waals surface area contributed by atoms with Gasteiger partial charge in [-0.05, 0) is 50.9 Å². The van der Waals surface area contributed by atoms with Crippen molar-refractivity contribution in [1.29, 1.82) is 0 Å². The van der Waals surface area contributed by atoms with E-state index in [1.807, 2.05) is 0 Å². The Bertz CT molecular complexity index is 845. The summed E-state index contributed by atoms with van der Waals surface area (Å²) >= 11 is 3.87. The normalized spacial score (nSPS) is 20.6. The van der Waals surface area contributed by atoms with Gasteiger partial charge in [0.15, 0.2) is 0 Å². The van der Waals surface area contributed by atoms with Gasteiger partial charge in [0.05, 0.1) is 0 Å². The Labute approximate surface area is 134 Å². The molecule has 0 N–H and O–H groups in total. The van der Waals surface area contributed by atoms with Gasteiger partial charge in [-0.2, -0.15) is 0 Å². The largest absolute Gasteiger partial charge is 0.0839 e. The van der Waals surface area contributed by atoms with Crippen LogP contribution in [-0.2, 0) is 5.41 Å². The maximum Gasteiger partial charge on any atom is 0.0398 e. The molecule has 0 saturated carbocycles. The second-order valence-corrected chi connectivity index (χ2v) is 7.91. The number of alkyl halides is 1. The molecule has 1 aliphatic rings. The van der Waals surface area contributed by atoms with Gasteiger partial charge in [0, 0.05) is 4.83 Å². The molecule has 3 aromatic carbocycles. The molecule has 0 radical (unpaired) electrons. The van der Waals surface area contributed by atoms with Crippen LogP contribution in [0.4, 0.5) is 0 Å². The van der Waals surface area contributed by atoms with Gasteiger partial charge in [-0.1, -0.05) is 78.3 Å². The third-order valence-corrected chi connectivity index (χ3v) is 5.95. The Morgan fingerprint density at radius 1 is 0.905 bits per heavy atom. The highest BCUT2D eigenvalue weighted by molar-refractivity contribution is 9.09. The summed E-state index contributed by atoms with van der Waals surface area (Å²) in [4.78, 5) is 0.497. The number of fused-ring (bicyclic) bond motifs is 5. The highest BCUT2D eigenvalue weighted by atomic mass is 79.9. The molecule has 0 saturated heterocycles. The molecule has 106 valence electrons. The number of hydrogen-bond donors (Lipinski definition) is 0. The molecule has 0 aliphatic heterocycles. The smallest absolute Gasteiger partial charge is 0.0398 e. The zero-order valence-corrected chi connectivity index (χ0v) is 14.1. The zero-order chi connectivity index (χ0) is 14.6. The molecule has 1 heteroatoms. The Morgan fingerprint density at radius 2 is 1.67 bits per heavy atom. The lowest BCUT2D eigenvalue weighted by atomic mass is 9.70. The minimum Gasteiger partial charge on any atom is -0.0839 e. The Kier molecular flexibility index (Phi) is 2.91. The van der Waals surface area contributed by atoms with Gasteiger partial charge < -0.3 is 0 Å². The minimum absolute atomic E-state index is 0.252. The van der Waals surface area contributed by atoms with E-state index in [-0.39, 0.29) is 5.41 Å². The summed E-state index contributed by atoms with van der Waals surface area (Å²) in [7, 11) is 0. The van der Waals surface area contributed by atoms with Crippen LogP contribution in [-0.4, -0.2) is 0 Å². The van der Waals surface area contributed by atoms with E-state index in [0.717, 1.165) is 0 Å². The van der Waals surface area contributed by atoms with Crippen LogP contribution in [0.2, 0.25) is 0 Å². The second-order valence-electron chi connectivity index (χ2n) is 6.80. The topological polar surface area (TPSA) is 0 Å². The lowest BCUT2D eigenvalue weighted by Gasteiger charge is -2.36. The lowest BCUT2D eigenvalue weighted by Crippen LogP contribution is -2.25. The van der Waals surface area contributed by atoms with Crippen molar-refractivity contribution >= 4 is 37.5 Å².